The quantitative estimate of drug-likeness (QED) is 0.308. The molecule has 134 valence electrons. The highest BCUT2D eigenvalue weighted by Gasteiger charge is 2.43. The highest BCUT2D eigenvalue weighted by molar-refractivity contribution is 6.76. The van der Waals surface area contributed by atoms with Crippen molar-refractivity contribution in [3.63, 3.8) is 0 Å². The van der Waals surface area contributed by atoms with Crippen LogP contribution in [0, 0.1) is 0 Å². The number of nitrogens with zero attached hydrogens (tertiary/aromatic N) is 1. The Morgan fingerprint density at radius 3 is 2.20 bits per heavy atom. The van der Waals surface area contributed by atoms with Crippen molar-refractivity contribution in [2.24, 2.45) is 0 Å². The topological polar surface area (TPSA) is 80.8 Å². The van der Waals surface area contributed by atoms with E-state index in [4.69, 9.17) is 4.74 Å². The van der Waals surface area contributed by atoms with E-state index in [0.717, 1.165) is 10.9 Å². The van der Waals surface area contributed by atoms with Crippen molar-refractivity contribution in [3.05, 3.63) is 35.4 Å². The van der Waals surface area contributed by atoms with Gasteiger partial charge in [0.1, 0.15) is 12.3 Å². The number of aldehydes is 1. The van der Waals surface area contributed by atoms with E-state index in [2.05, 4.69) is 19.6 Å². The van der Waals surface area contributed by atoms with Crippen molar-refractivity contribution in [2.45, 2.75) is 44.6 Å². The highest BCUT2D eigenvalue weighted by Crippen LogP contribution is 2.26. The summed E-state index contributed by atoms with van der Waals surface area (Å²) in [6, 6.07) is 6.17. The molecule has 1 aliphatic heterocycles. The summed E-state index contributed by atoms with van der Waals surface area (Å²) >= 11 is 0. The van der Waals surface area contributed by atoms with E-state index in [0.29, 0.717) is 6.29 Å². The van der Waals surface area contributed by atoms with Gasteiger partial charge in [-0.2, -0.15) is 0 Å². The minimum absolute atomic E-state index is 0.0702. The lowest BCUT2D eigenvalue weighted by Gasteiger charge is -2.24. The molecule has 2 amide bonds. The van der Waals surface area contributed by atoms with Crippen LogP contribution in [0.1, 0.15) is 33.6 Å². The molecule has 1 aromatic carbocycles. The summed E-state index contributed by atoms with van der Waals surface area (Å²) < 4.78 is 5.32. The van der Waals surface area contributed by atoms with Gasteiger partial charge in [0.15, 0.2) is 0 Å². The molecular weight excluding hydrogens is 338 g/mol. The zero-order valence-electron chi connectivity index (χ0n) is 14.8. The normalized spacial score (nSPS) is 15.1. The first-order valence-electron chi connectivity index (χ1n) is 8.33. The van der Waals surface area contributed by atoms with Crippen molar-refractivity contribution >= 4 is 32.1 Å². The number of benzene rings is 1. The van der Waals surface area contributed by atoms with Crippen LogP contribution in [-0.2, 0) is 14.3 Å². The van der Waals surface area contributed by atoms with Gasteiger partial charge in [0.25, 0.3) is 11.8 Å². The molecule has 1 atom stereocenters. The number of esters is 1. The fourth-order valence-electron chi connectivity index (χ4n) is 2.62. The first-order valence-corrected chi connectivity index (χ1v) is 12.0. The standard InChI is InChI=1S/C18H23NO5Si/c1-25(2,3)12-11-24-18(23)15(9-6-10-20)19-16(21)13-7-4-5-8-14(13)17(19)22/h4-5,7-8,10,15H,6,9,11-12H2,1-3H3/t15-/m1/s1. The van der Waals surface area contributed by atoms with Gasteiger partial charge in [-0.1, -0.05) is 31.8 Å². The van der Waals surface area contributed by atoms with Crippen LogP contribution in [-0.4, -0.2) is 49.7 Å². The first-order chi connectivity index (χ1) is 11.8. The van der Waals surface area contributed by atoms with E-state index < -0.39 is 31.9 Å². The molecule has 0 fully saturated rings. The maximum Gasteiger partial charge on any atom is 0.329 e. The van der Waals surface area contributed by atoms with E-state index in [1.807, 2.05) is 0 Å². The monoisotopic (exact) mass is 361 g/mol. The minimum Gasteiger partial charge on any atom is -0.464 e. The number of rotatable bonds is 8. The SMILES string of the molecule is C[Si](C)(C)CCOC(=O)[C@@H](CCC=O)N1C(=O)c2ccccc2C1=O. The average Bonchev–Trinajstić information content (AvgIpc) is 2.79. The van der Waals surface area contributed by atoms with Crippen LogP contribution in [0.4, 0.5) is 0 Å². The largest absolute Gasteiger partial charge is 0.464 e. The van der Waals surface area contributed by atoms with Gasteiger partial charge in [-0.15, -0.1) is 0 Å². The number of fused-ring (bicyclic) bond motifs is 1. The van der Waals surface area contributed by atoms with E-state index in [1.54, 1.807) is 24.3 Å². The summed E-state index contributed by atoms with van der Waals surface area (Å²) in [4.78, 5) is 49.3. The van der Waals surface area contributed by atoms with Gasteiger partial charge < -0.3 is 9.53 Å². The molecule has 2 rings (SSSR count). The average molecular weight is 361 g/mol. The Balaban J connectivity index is 2.17. The molecule has 0 spiro atoms. The predicted molar refractivity (Wildman–Crippen MR) is 95.1 cm³/mol. The van der Waals surface area contributed by atoms with Gasteiger partial charge >= 0.3 is 5.97 Å². The Bertz CT molecular complexity index is 660. The van der Waals surface area contributed by atoms with E-state index >= 15 is 0 Å². The molecule has 0 saturated carbocycles. The number of imide groups is 1. The second-order valence-corrected chi connectivity index (χ2v) is 12.9. The van der Waals surface area contributed by atoms with Gasteiger partial charge in [0.2, 0.25) is 0 Å². The molecule has 1 aromatic rings. The highest BCUT2D eigenvalue weighted by atomic mass is 28.3. The van der Waals surface area contributed by atoms with Gasteiger partial charge in [-0.25, -0.2) is 4.79 Å². The Morgan fingerprint density at radius 1 is 1.16 bits per heavy atom. The number of amides is 2. The number of hydrogen-bond donors (Lipinski definition) is 0. The summed E-state index contributed by atoms with van der Waals surface area (Å²) in [6.45, 7) is 6.74. The Labute approximate surface area is 148 Å². The number of carbonyl (C=O) groups excluding carboxylic acids is 4. The van der Waals surface area contributed by atoms with Crippen LogP contribution < -0.4 is 0 Å². The molecule has 0 aliphatic carbocycles. The number of hydrogen-bond acceptors (Lipinski definition) is 5. The molecule has 1 aliphatic rings. The molecule has 0 saturated heterocycles. The molecule has 1 heterocycles. The summed E-state index contributed by atoms with van der Waals surface area (Å²) in [5.74, 6) is -1.66. The summed E-state index contributed by atoms with van der Waals surface area (Å²) in [5.41, 5.74) is 0.553. The lowest BCUT2D eigenvalue weighted by Crippen LogP contribution is -2.46. The van der Waals surface area contributed by atoms with Crippen LogP contribution in [0.15, 0.2) is 24.3 Å². The van der Waals surface area contributed by atoms with Crippen molar-refractivity contribution in [3.8, 4) is 0 Å². The second-order valence-electron chi connectivity index (χ2n) is 7.26. The Morgan fingerprint density at radius 2 is 1.72 bits per heavy atom. The third-order valence-corrected chi connectivity index (χ3v) is 5.77. The fourth-order valence-corrected chi connectivity index (χ4v) is 3.34. The zero-order chi connectivity index (χ0) is 18.6. The molecule has 0 unspecified atom stereocenters. The van der Waals surface area contributed by atoms with Crippen molar-refractivity contribution < 1.29 is 23.9 Å². The molecule has 6 nitrogen and oxygen atoms in total. The van der Waals surface area contributed by atoms with Crippen LogP contribution in [0.5, 0.6) is 0 Å². The lowest BCUT2D eigenvalue weighted by molar-refractivity contribution is -0.148. The zero-order valence-corrected chi connectivity index (χ0v) is 15.8. The predicted octanol–water partition coefficient (Wildman–Crippen LogP) is 2.51. The first kappa shape index (κ1) is 19.0. The Hall–Kier alpha value is -2.28. The molecule has 0 aromatic heterocycles. The van der Waals surface area contributed by atoms with E-state index in [1.165, 1.54) is 0 Å². The minimum atomic E-state index is -1.38. The van der Waals surface area contributed by atoms with Crippen LogP contribution >= 0.6 is 0 Å². The molecule has 0 bridgehead atoms. The van der Waals surface area contributed by atoms with Crippen molar-refractivity contribution in [1.29, 1.82) is 0 Å². The van der Waals surface area contributed by atoms with E-state index in [-0.39, 0.29) is 30.6 Å². The van der Waals surface area contributed by atoms with Crippen molar-refractivity contribution in [2.75, 3.05) is 6.61 Å². The summed E-state index contributed by atoms with van der Waals surface area (Å²) in [5, 5.41) is 0. The van der Waals surface area contributed by atoms with Crippen LogP contribution in [0.3, 0.4) is 0 Å². The second kappa shape index (κ2) is 7.73. The Kier molecular flexibility index (Phi) is 5.89. The maximum absolute atomic E-state index is 12.6. The van der Waals surface area contributed by atoms with Crippen LogP contribution in [0.2, 0.25) is 25.7 Å². The molecule has 25 heavy (non-hydrogen) atoms. The molecular formula is C18H23NO5Si. The fraction of sp³-hybridized carbons (Fsp3) is 0.444. The maximum atomic E-state index is 12.6. The summed E-state index contributed by atoms with van der Waals surface area (Å²) in [6.07, 6.45) is 0.808. The number of carbonyl (C=O) groups is 4. The van der Waals surface area contributed by atoms with Gasteiger partial charge in [-0.05, 0) is 24.6 Å². The van der Waals surface area contributed by atoms with Gasteiger partial charge in [-0.3, -0.25) is 14.5 Å². The van der Waals surface area contributed by atoms with Crippen molar-refractivity contribution in [1.82, 2.24) is 4.90 Å². The van der Waals surface area contributed by atoms with Gasteiger partial charge in [0, 0.05) is 14.5 Å². The number of ether oxygens (including phenoxy) is 1. The third kappa shape index (κ3) is 4.42. The smallest absolute Gasteiger partial charge is 0.329 e. The van der Waals surface area contributed by atoms with Gasteiger partial charge in [0.05, 0.1) is 17.7 Å². The molecule has 0 N–H and O–H groups in total. The molecule has 7 heteroatoms. The third-order valence-electron chi connectivity index (χ3n) is 4.06. The van der Waals surface area contributed by atoms with E-state index in [9.17, 15) is 19.2 Å². The lowest BCUT2D eigenvalue weighted by atomic mass is 10.1. The van der Waals surface area contributed by atoms with Crippen LogP contribution in [0.25, 0.3) is 0 Å². The summed E-state index contributed by atoms with van der Waals surface area (Å²) in [7, 11) is -1.38. The molecule has 0 radical (unpaired) electrons.